The van der Waals surface area contributed by atoms with Crippen LogP contribution in [0.15, 0.2) is 12.1 Å². The molecule has 13 heavy (non-hydrogen) atoms. The Morgan fingerprint density at radius 3 is 2.92 bits per heavy atom. The van der Waals surface area contributed by atoms with E-state index < -0.39 is 0 Å². The van der Waals surface area contributed by atoms with Crippen LogP contribution < -0.4 is 5.46 Å². The first-order chi connectivity index (χ1) is 6.09. The third-order valence-electron chi connectivity index (χ3n) is 1.99. The molecule has 0 fully saturated rings. The summed E-state index contributed by atoms with van der Waals surface area (Å²) >= 11 is 2.10. The molecule has 1 aromatic rings. The van der Waals surface area contributed by atoms with Gasteiger partial charge in [0, 0.05) is 14.7 Å². The van der Waals surface area contributed by atoms with Gasteiger partial charge >= 0.3 is 0 Å². The van der Waals surface area contributed by atoms with Gasteiger partial charge in [0.25, 0.3) is 5.91 Å². The molecule has 0 atom stereocenters. The average Bonchev–Trinajstić information content (AvgIpc) is 2.32. The highest BCUT2D eigenvalue weighted by atomic mass is 127. The molecule has 2 rings (SSSR count). The molecule has 1 aliphatic heterocycles. The molecular weight excluding hydrogens is 280 g/mol. The molecule has 0 bridgehead atoms. The molecule has 0 unspecified atom stereocenters. The van der Waals surface area contributed by atoms with Crippen molar-refractivity contribution in [2.45, 2.75) is 6.54 Å². The lowest BCUT2D eigenvalue weighted by Gasteiger charge is -2.02. The van der Waals surface area contributed by atoms with E-state index in [2.05, 4.69) is 22.6 Å². The minimum Gasteiger partial charge on any atom is -0.285 e. The van der Waals surface area contributed by atoms with E-state index in [4.69, 9.17) is 7.85 Å². The summed E-state index contributed by atoms with van der Waals surface area (Å²) in [7, 11) is 5.58. The van der Waals surface area contributed by atoms with Crippen LogP contribution in [0.1, 0.15) is 15.9 Å². The van der Waals surface area contributed by atoms with Gasteiger partial charge < -0.3 is 0 Å². The molecule has 0 aromatic heterocycles. The minimum absolute atomic E-state index is 0.257. The molecular formula is C8H5BINO2. The molecule has 0 spiro atoms. The van der Waals surface area contributed by atoms with Gasteiger partial charge in [0.05, 0.1) is 6.54 Å². The summed E-state index contributed by atoms with van der Waals surface area (Å²) in [5.41, 5.74) is 1.90. The first-order valence-corrected chi connectivity index (χ1v) is 4.76. The maximum Gasteiger partial charge on any atom is 0.277 e. The van der Waals surface area contributed by atoms with Crippen molar-refractivity contribution in [3.63, 3.8) is 0 Å². The number of amides is 1. The monoisotopic (exact) mass is 285 g/mol. The number of hydrogen-bond donors (Lipinski definition) is 1. The smallest absolute Gasteiger partial charge is 0.277 e. The van der Waals surface area contributed by atoms with Crippen LogP contribution in [-0.4, -0.2) is 24.0 Å². The number of halogens is 1. The van der Waals surface area contributed by atoms with Crippen LogP contribution in [0.4, 0.5) is 0 Å². The zero-order chi connectivity index (χ0) is 9.59. The van der Waals surface area contributed by atoms with Crippen molar-refractivity contribution in [1.82, 2.24) is 5.06 Å². The summed E-state index contributed by atoms with van der Waals surface area (Å²) in [5.74, 6) is -0.375. The summed E-state index contributed by atoms with van der Waals surface area (Å²) < 4.78 is 0.914. The molecule has 1 heterocycles. The van der Waals surface area contributed by atoms with Crippen molar-refractivity contribution in [3.05, 3.63) is 26.8 Å². The van der Waals surface area contributed by atoms with E-state index in [0.717, 1.165) is 9.13 Å². The van der Waals surface area contributed by atoms with Crippen LogP contribution in [0.3, 0.4) is 0 Å². The van der Waals surface area contributed by atoms with Crippen LogP contribution >= 0.6 is 22.6 Å². The number of benzene rings is 1. The molecule has 1 amide bonds. The normalized spacial score (nSPS) is 14.9. The Hall–Kier alpha value is -0.555. The third kappa shape index (κ3) is 1.36. The van der Waals surface area contributed by atoms with Crippen molar-refractivity contribution in [1.29, 1.82) is 0 Å². The zero-order valence-corrected chi connectivity index (χ0v) is 8.78. The Labute approximate surface area is 90.2 Å². The first kappa shape index (κ1) is 9.02. The fourth-order valence-electron chi connectivity index (χ4n) is 1.37. The Bertz CT molecular complexity index is 394. The molecule has 1 aliphatic rings. The first-order valence-electron chi connectivity index (χ1n) is 3.68. The number of fused-ring (bicyclic) bond motifs is 1. The molecule has 0 saturated carbocycles. The summed E-state index contributed by atoms with van der Waals surface area (Å²) in [5, 5.41) is 9.87. The predicted octanol–water partition coefficient (Wildman–Crippen LogP) is 0.430. The van der Waals surface area contributed by atoms with Crippen LogP contribution in [0, 0.1) is 3.57 Å². The van der Waals surface area contributed by atoms with E-state index >= 15 is 0 Å². The molecule has 64 valence electrons. The van der Waals surface area contributed by atoms with Crippen molar-refractivity contribution < 1.29 is 10.0 Å². The van der Waals surface area contributed by atoms with Crippen LogP contribution in [0.25, 0.3) is 0 Å². The fraction of sp³-hybridized carbons (Fsp3) is 0.125. The lowest BCUT2D eigenvalue weighted by molar-refractivity contribution is -0.0580. The molecule has 2 radical (unpaired) electrons. The van der Waals surface area contributed by atoms with Gasteiger partial charge in [-0.15, -0.1) is 0 Å². The van der Waals surface area contributed by atoms with Crippen molar-refractivity contribution in [2.24, 2.45) is 0 Å². The lowest BCUT2D eigenvalue weighted by Crippen LogP contribution is -2.18. The predicted molar refractivity (Wildman–Crippen MR) is 56.2 cm³/mol. The zero-order valence-electron chi connectivity index (χ0n) is 6.62. The molecule has 0 aliphatic carbocycles. The Balaban J connectivity index is 2.64. The van der Waals surface area contributed by atoms with Gasteiger partial charge in [0.2, 0.25) is 0 Å². The van der Waals surface area contributed by atoms with Gasteiger partial charge in [-0.3, -0.25) is 10.0 Å². The average molecular weight is 285 g/mol. The van der Waals surface area contributed by atoms with Gasteiger partial charge in [-0.05, 0) is 22.6 Å². The van der Waals surface area contributed by atoms with E-state index in [1.807, 2.05) is 0 Å². The van der Waals surface area contributed by atoms with Crippen molar-refractivity contribution >= 4 is 41.8 Å². The Morgan fingerprint density at radius 2 is 2.23 bits per heavy atom. The second kappa shape index (κ2) is 2.99. The molecule has 0 saturated heterocycles. The maximum atomic E-state index is 11.3. The number of hydroxylamine groups is 2. The molecule has 1 aromatic carbocycles. The highest BCUT2D eigenvalue weighted by Gasteiger charge is 2.27. The standard InChI is InChI=1S/C8H5BINO2/c9-4-1-5-6(7(10)2-4)3-11(13)8(5)12/h1-2,13H,3H2. The summed E-state index contributed by atoms with van der Waals surface area (Å²) in [4.78, 5) is 11.3. The van der Waals surface area contributed by atoms with Crippen LogP contribution in [-0.2, 0) is 6.54 Å². The summed E-state index contributed by atoms with van der Waals surface area (Å²) in [6, 6.07) is 3.38. The number of nitrogens with zero attached hydrogens (tertiary/aromatic N) is 1. The van der Waals surface area contributed by atoms with E-state index in [1.165, 1.54) is 0 Å². The van der Waals surface area contributed by atoms with E-state index in [-0.39, 0.29) is 12.5 Å². The van der Waals surface area contributed by atoms with E-state index in [9.17, 15) is 10.0 Å². The van der Waals surface area contributed by atoms with Gasteiger partial charge in [-0.2, -0.15) is 0 Å². The van der Waals surface area contributed by atoms with Crippen molar-refractivity contribution in [3.8, 4) is 0 Å². The van der Waals surface area contributed by atoms with Gasteiger partial charge in [0.1, 0.15) is 7.85 Å². The number of rotatable bonds is 0. The summed E-state index contributed by atoms with van der Waals surface area (Å²) in [6.07, 6.45) is 0. The summed E-state index contributed by atoms with van der Waals surface area (Å²) in [6.45, 7) is 0.257. The third-order valence-corrected chi connectivity index (χ3v) is 2.95. The highest BCUT2D eigenvalue weighted by Crippen LogP contribution is 2.24. The van der Waals surface area contributed by atoms with Gasteiger partial charge in [-0.25, -0.2) is 5.06 Å². The second-order valence-corrected chi connectivity index (χ2v) is 4.05. The topological polar surface area (TPSA) is 40.5 Å². The molecule has 5 heteroatoms. The fourth-order valence-corrected chi connectivity index (χ4v) is 2.19. The largest absolute Gasteiger partial charge is 0.285 e. The number of carbonyl (C=O) groups is 1. The van der Waals surface area contributed by atoms with Crippen LogP contribution in [0.2, 0.25) is 0 Å². The quantitative estimate of drug-likeness (QED) is 0.426. The Kier molecular flexibility index (Phi) is 2.07. The number of carbonyl (C=O) groups excluding carboxylic acids is 1. The van der Waals surface area contributed by atoms with Gasteiger partial charge in [0.15, 0.2) is 0 Å². The van der Waals surface area contributed by atoms with Crippen LogP contribution in [0.5, 0.6) is 0 Å². The van der Waals surface area contributed by atoms with E-state index in [1.54, 1.807) is 12.1 Å². The highest BCUT2D eigenvalue weighted by molar-refractivity contribution is 14.1. The van der Waals surface area contributed by atoms with Crippen molar-refractivity contribution in [2.75, 3.05) is 0 Å². The number of hydrogen-bond acceptors (Lipinski definition) is 2. The van der Waals surface area contributed by atoms with E-state index in [0.29, 0.717) is 16.1 Å². The minimum atomic E-state index is -0.375. The molecule has 1 N–H and O–H groups in total. The lowest BCUT2D eigenvalue weighted by atomic mass is 9.93. The second-order valence-electron chi connectivity index (χ2n) is 2.89. The van der Waals surface area contributed by atoms with Gasteiger partial charge in [-0.1, -0.05) is 17.6 Å². The maximum absolute atomic E-state index is 11.3. The Morgan fingerprint density at radius 1 is 1.54 bits per heavy atom. The molecule has 3 nitrogen and oxygen atoms in total. The SMILES string of the molecule is [B]c1cc(I)c2c(c1)C(=O)N(O)C2.